The molecule has 24 heavy (non-hydrogen) atoms. The Morgan fingerprint density at radius 1 is 1.12 bits per heavy atom. The maximum Gasteiger partial charge on any atom is 0.226 e. The van der Waals surface area contributed by atoms with Gasteiger partial charge in [0.15, 0.2) is 0 Å². The Labute approximate surface area is 135 Å². The van der Waals surface area contributed by atoms with E-state index in [4.69, 9.17) is 0 Å². The first-order valence-electron chi connectivity index (χ1n) is 7.24. The topological polar surface area (TPSA) is 64.0 Å². The van der Waals surface area contributed by atoms with Crippen molar-refractivity contribution < 1.29 is 13.6 Å². The predicted molar refractivity (Wildman–Crippen MR) is 85.6 cm³/mol. The van der Waals surface area contributed by atoms with Crippen molar-refractivity contribution in [3.05, 3.63) is 70.5 Å². The van der Waals surface area contributed by atoms with Gasteiger partial charge < -0.3 is 5.32 Å². The number of nitrogens with zero attached hydrogens (tertiary/aromatic N) is 2. The van der Waals surface area contributed by atoms with Crippen molar-refractivity contribution in [2.24, 2.45) is 0 Å². The fraction of sp³-hybridized carbons (Fsp3) is 0.118. The molecule has 1 amide bonds. The highest BCUT2D eigenvalue weighted by Gasteiger charge is 2.08. The maximum atomic E-state index is 13.1. The Hall–Kier alpha value is -3.09. The van der Waals surface area contributed by atoms with Gasteiger partial charge >= 0.3 is 0 Å². The summed E-state index contributed by atoms with van der Waals surface area (Å²) in [6, 6.07) is 9.75. The quantitative estimate of drug-likeness (QED) is 0.800. The van der Waals surface area contributed by atoms with Crippen LogP contribution in [0.3, 0.4) is 0 Å². The fourth-order valence-corrected chi connectivity index (χ4v) is 2.40. The van der Waals surface area contributed by atoms with Crippen LogP contribution in [0.1, 0.15) is 6.42 Å². The molecular weight excluding hydrogens is 316 g/mol. The number of hydrogen-bond donors (Lipinski definition) is 1. The van der Waals surface area contributed by atoms with Crippen LogP contribution in [0.2, 0.25) is 0 Å². The second-order valence-corrected chi connectivity index (χ2v) is 5.21. The summed E-state index contributed by atoms with van der Waals surface area (Å²) >= 11 is 0. The van der Waals surface area contributed by atoms with Crippen molar-refractivity contribution in [1.82, 2.24) is 9.78 Å². The Kier molecular flexibility index (Phi) is 4.33. The van der Waals surface area contributed by atoms with E-state index in [1.165, 1.54) is 6.20 Å². The third-order valence-corrected chi connectivity index (χ3v) is 3.46. The van der Waals surface area contributed by atoms with Crippen LogP contribution in [-0.2, 0) is 11.3 Å². The van der Waals surface area contributed by atoms with Crippen molar-refractivity contribution in [2.75, 3.05) is 5.32 Å². The molecule has 0 fully saturated rings. The summed E-state index contributed by atoms with van der Waals surface area (Å²) < 4.78 is 27.8. The molecule has 3 aromatic rings. The molecule has 7 heteroatoms. The lowest BCUT2D eigenvalue weighted by Gasteiger charge is -2.09. The second kappa shape index (κ2) is 6.57. The number of halogens is 2. The minimum absolute atomic E-state index is 0.0397. The summed E-state index contributed by atoms with van der Waals surface area (Å²) in [6.45, 7) is 0.227. The van der Waals surface area contributed by atoms with Gasteiger partial charge in [-0.2, -0.15) is 5.10 Å². The van der Waals surface area contributed by atoms with Gasteiger partial charge in [0.1, 0.15) is 11.6 Å². The zero-order valence-corrected chi connectivity index (χ0v) is 12.5. The Morgan fingerprint density at radius 3 is 2.58 bits per heavy atom. The molecule has 0 aliphatic rings. The molecule has 2 aromatic carbocycles. The van der Waals surface area contributed by atoms with E-state index in [1.807, 2.05) is 0 Å². The highest BCUT2D eigenvalue weighted by molar-refractivity contribution is 5.90. The molecule has 0 radical (unpaired) electrons. The molecule has 122 valence electrons. The molecule has 0 bridgehead atoms. The summed E-state index contributed by atoms with van der Waals surface area (Å²) in [6.07, 6.45) is 1.24. The molecule has 3 rings (SSSR count). The summed E-state index contributed by atoms with van der Waals surface area (Å²) in [7, 11) is 0. The third kappa shape index (κ3) is 3.45. The van der Waals surface area contributed by atoms with Gasteiger partial charge in [0, 0.05) is 23.6 Å². The Bertz CT molecular complexity index is 949. The van der Waals surface area contributed by atoms with Gasteiger partial charge in [-0.25, -0.2) is 8.78 Å². The predicted octanol–water partition coefficient (Wildman–Crippen LogP) is 2.70. The second-order valence-electron chi connectivity index (χ2n) is 5.21. The summed E-state index contributed by atoms with van der Waals surface area (Å²) in [5, 5.41) is 6.96. The van der Waals surface area contributed by atoms with Crippen molar-refractivity contribution in [3.63, 3.8) is 0 Å². The fourth-order valence-electron chi connectivity index (χ4n) is 2.40. The lowest BCUT2D eigenvalue weighted by atomic mass is 10.2. The van der Waals surface area contributed by atoms with Crippen molar-refractivity contribution >= 4 is 22.5 Å². The van der Waals surface area contributed by atoms with Gasteiger partial charge in [0.05, 0.1) is 18.3 Å². The monoisotopic (exact) mass is 329 g/mol. The van der Waals surface area contributed by atoms with Crippen molar-refractivity contribution in [2.45, 2.75) is 13.0 Å². The van der Waals surface area contributed by atoms with E-state index in [0.717, 1.165) is 18.2 Å². The molecule has 0 aliphatic heterocycles. The summed E-state index contributed by atoms with van der Waals surface area (Å²) in [4.78, 5) is 23.7. The average molecular weight is 329 g/mol. The van der Waals surface area contributed by atoms with E-state index >= 15 is 0 Å². The number of amides is 1. The van der Waals surface area contributed by atoms with Gasteiger partial charge in [-0.05, 0) is 24.3 Å². The number of nitrogens with one attached hydrogen (secondary N) is 1. The van der Waals surface area contributed by atoms with Crippen LogP contribution in [0, 0.1) is 11.6 Å². The zero-order chi connectivity index (χ0) is 17.1. The van der Waals surface area contributed by atoms with Gasteiger partial charge in [0.25, 0.3) is 0 Å². The highest BCUT2D eigenvalue weighted by atomic mass is 19.1. The summed E-state index contributed by atoms with van der Waals surface area (Å²) in [5.74, 6) is -1.94. The standard InChI is InChI=1S/C17H13F2N3O2/c18-11-7-12(19)9-13(8-11)21-17(24)5-6-22-15-4-2-1-3-14(15)16(23)10-20-22/h1-4,7-10H,5-6H2,(H,21,24). The summed E-state index contributed by atoms with van der Waals surface area (Å²) in [5.41, 5.74) is 0.478. The van der Waals surface area contributed by atoms with Crippen molar-refractivity contribution in [3.8, 4) is 0 Å². The molecule has 0 aliphatic carbocycles. The first-order chi connectivity index (χ1) is 11.5. The molecule has 0 unspecified atom stereocenters. The van der Waals surface area contributed by atoms with Crippen LogP contribution in [-0.4, -0.2) is 15.7 Å². The molecular formula is C17H13F2N3O2. The number of aryl methyl sites for hydroxylation is 1. The van der Waals surface area contributed by atoms with E-state index in [1.54, 1.807) is 28.9 Å². The molecule has 1 N–H and O–H groups in total. The number of fused-ring (bicyclic) bond motifs is 1. The number of rotatable bonds is 4. The van der Waals surface area contributed by atoms with E-state index in [2.05, 4.69) is 10.4 Å². The SMILES string of the molecule is O=C(CCn1ncc(=O)c2ccccc21)Nc1cc(F)cc(F)c1. The van der Waals surface area contributed by atoms with E-state index in [-0.39, 0.29) is 24.1 Å². The normalized spacial score (nSPS) is 10.8. The molecule has 0 spiro atoms. The Balaban J connectivity index is 1.73. The average Bonchev–Trinajstić information content (AvgIpc) is 2.53. The molecule has 0 saturated heterocycles. The molecule has 1 heterocycles. The van der Waals surface area contributed by atoms with Crippen LogP contribution in [0.25, 0.3) is 10.9 Å². The van der Waals surface area contributed by atoms with Crippen molar-refractivity contribution in [1.29, 1.82) is 0 Å². The highest BCUT2D eigenvalue weighted by Crippen LogP contribution is 2.13. The van der Waals surface area contributed by atoms with Gasteiger partial charge in [0.2, 0.25) is 11.3 Å². The van der Waals surface area contributed by atoms with Crippen LogP contribution in [0.5, 0.6) is 0 Å². The molecule has 1 aromatic heterocycles. The maximum absolute atomic E-state index is 13.1. The lowest BCUT2D eigenvalue weighted by Crippen LogP contribution is -2.18. The largest absolute Gasteiger partial charge is 0.326 e. The van der Waals surface area contributed by atoms with Crippen LogP contribution >= 0.6 is 0 Å². The van der Waals surface area contributed by atoms with E-state index in [9.17, 15) is 18.4 Å². The van der Waals surface area contributed by atoms with Crippen LogP contribution in [0.15, 0.2) is 53.5 Å². The zero-order valence-electron chi connectivity index (χ0n) is 12.5. The number of para-hydroxylation sites is 1. The molecule has 5 nitrogen and oxygen atoms in total. The van der Waals surface area contributed by atoms with Crippen LogP contribution in [0.4, 0.5) is 14.5 Å². The minimum Gasteiger partial charge on any atom is -0.326 e. The number of anilines is 1. The third-order valence-electron chi connectivity index (χ3n) is 3.46. The molecule has 0 saturated carbocycles. The number of benzene rings is 2. The smallest absolute Gasteiger partial charge is 0.226 e. The van der Waals surface area contributed by atoms with E-state index < -0.39 is 17.5 Å². The number of aromatic nitrogens is 2. The molecule has 0 atom stereocenters. The number of carbonyl (C=O) groups is 1. The first-order valence-corrected chi connectivity index (χ1v) is 7.24. The van der Waals surface area contributed by atoms with E-state index in [0.29, 0.717) is 10.9 Å². The van der Waals surface area contributed by atoms with Gasteiger partial charge in [-0.15, -0.1) is 0 Å². The first kappa shape index (κ1) is 15.8. The van der Waals surface area contributed by atoms with Crippen LogP contribution < -0.4 is 10.7 Å². The lowest BCUT2D eigenvalue weighted by molar-refractivity contribution is -0.116. The Morgan fingerprint density at radius 2 is 1.83 bits per heavy atom. The number of hydrogen-bond acceptors (Lipinski definition) is 3. The van der Waals surface area contributed by atoms with Gasteiger partial charge in [-0.3, -0.25) is 14.3 Å². The van der Waals surface area contributed by atoms with Gasteiger partial charge in [-0.1, -0.05) is 12.1 Å². The number of carbonyl (C=O) groups excluding carboxylic acids is 1. The minimum atomic E-state index is -0.765.